The fraction of sp³-hybridized carbons (Fsp3) is 0.929. The molecule has 1 fully saturated rings. The van der Waals surface area contributed by atoms with Crippen molar-refractivity contribution in [1.82, 2.24) is 0 Å². The van der Waals surface area contributed by atoms with Gasteiger partial charge in [0.15, 0.2) is 0 Å². The van der Waals surface area contributed by atoms with Crippen LogP contribution < -0.4 is 0 Å². The van der Waals surface area contributed by atoms with Gasteiger partial charge in [0.1, 0.15) is 0 Å². The molecular formula is C14H26O4S. The van der Waals surface area contributed by atoms with Gasteiger partial charge < -0.3 is 14.6 Å². The number of thioether (sulfide) groups is 1. The molecule has 1 N–H and O–H groups in total. The third-order valence-electron chi connectivity index (χ3n) is 3.54. The topological polar surface area (TPSA) is 55.8 Å². The summed E-state index contributed by atoms with van der Waals surface area (Å²) in [7, 11) is 1.70. The Morgan fingerprint density at radius 1 is 1.42 bits per heavy atom. The first-order valence-electron chi connectivity index (χ1n) is 7.07. The van der Waals surface area contributed by atoms with Crippen LogP contribution in [0.4, 0.5) is 0 Å². The van der Waals surface area contributed by atoms with Gasteiger partial charge in [-0.1, -0.05) is 0 Å². The number of carbonyl (C=O) groups excluding carboxylic acids is 1. The highest BCUT2D eigenvalue weighted by Gasteiger charge is 2.36. The Hall–Kier alpha value is -0.260. The van der Waals surface area contributed by atoms with Gasteiger partial charge in [-0.3, -0.25) is 4.79 Å². The number of rotatable bonds is 8. The molecule has 4 nitrogen and oxygen atoms in total. The van der Waals surface area contributed by atoms with Crippen LogP contribution in [0.25, 0.3) is 0 Å². The van der Waals surface area contributed by atoms with E-state index in [4.69, 9.17) is 9.47 Å². The molecule has 0 unspecified atom stereocenters. The van der Waals surface area contributed by atoms with Crippen LogP contribution >= 0.6 is 11.8 Å². The monoisotopic (exact) mass is 290 g/mol. The first kappa shape index (κ1) is 16.8. The van der Waals surface area contributed by atoms with Crippen molar-refractivity contribution < 1.29 is 19.4 Å². The van der Waals surface area contributed by atoms with Crippen molar-refractivity contribution in [3.05, 3.63) is 0 Å². The summed E-state index contributed by atoms with van der Waals surface area (Å²) in [5, 5.41) is 10.5. The summed E-state index contributed by atoms with van der Waals surface area (Å²) in [6, 6.07) is 0. The van der Waals surface area contributed by atoms with Crippen molar-refractivity contribution in [3.8, 4) is 0 Å². The molecule has 0 spiro atoms. The van der Waals surface area contributed by atoms with E-state index in [-0.39, 0.29) is 11.9 Å². The number of hydrogen-bond acceptors (Lipinski definition) is 5. The van der Waals surface area contributed by atoms with Gasteiger partial charge >= 0.3 is 5.97 Å². The second-order valence-electron chi connectivity index (χ2n) is 5.15. The molecule has 0 aromatic carbocycles. The van der Waals surface area contributed by atoms with E-state index in [1.165, 1.54) is 0 Å². The molecular weight excluding hydrogens is 264 g/mol. The second-order valence-corrected chi connectivity index (χ2v) is 6.25. The number of hydrogen-bond donors (Lipinski definition) is 1. The molecule has 0 radical (unpaired) electrons. The molecule has 1 aliphatic carbocycles. The maximum Gasteiger partial charge on any atom is 0.308 e. The van der Waals surface area contributed by atoms with Crippen LogP contribution in [0.3, 0.4) is 0 Å². The summed E-state index contributed by atoms with van der Waals surface area (Å²) in [5.41, 5.74) is -0.596. The molecule has 5 heteroatoms. The number of esters is 1. The lowest BCUT2D eigenvalue weighted by atomic mass is 9.80. The lowest BCUT2D eigenvalue weighted by molar-refractivity contribution is -0.150. The van der Waals surface area contributed by atoms with Crippen molar-refractivity contribution >= 4 is 17.7 Å². The lowest BCUT2D eigenvalue weighted by Gasteiger charge is -2.34. The maximum absolute atomic E-state index is 11.6. The molecule has 1 rings (SSSR count). The minimum absolute atomic E-state index is 0.0151. The van der Waals surface area contributed by atoms with Crippen LogP contribution in [-0.2, 0) is 14.3 Å². The first-order valence-corrected chi connectivity index (χ1v) is 8.22. The Kier molecular flexibility index (Phi) is 7.80. The quantitative estimate of drug-likeness (QED) is 0.549. The Labute approximate surface area is 120 Å². The van der Waals surface area contributed by atoms with Crippen molar-refractivity contribution in [3.63, 3.8) is 0 Å². The highest BCUT2D eigenvalue weighted by molar-refractivity contribution is 7.99. The Morgan fingerprint density at radius 3 is 2.68 bits per heavy atom. The normalized spacial score (nSPS) is 27.2. The first-order chi connectivity index (χ1) is 9.11. The van der Waals surface area contributed by atoms with E-state index in [0.29, 0.717) is 19.4 Å². The highest BCUT2D eigenvalue weighted by Crippen LogP contribution is 2.35. The van der Waals surface area contributed by atoms with Gasteiger partial charge in [-0.2, -0.15) is 11.8 Å². The van der Waals surface area contributed by atoms with Gasteiger partial charge in [-0.25, -0.2) is 0 Å². The van der Waals surface area contributed by atoms with E-state index in [9.17, 15) is 9.90 Å². The number of aliphatic hydroxyl groups is 1. The minimum Gasteiger partial charge on any atom is -0.466 e. The molecule has 0 saturated heterocycles. The summed E-state index contributed by atoms with van der Waals surface area (Å²) in [6.07, 6.45) is 3.91. The van der Waals surface area contributed by atoms with E-state index in [0.717, 1.165) is 37.4 Å². The SMILES string of the molecule is CCOC(=O)C1CCC(O)(CSCCCOC)CC1. The number of carbonyl (C=O) groups is 1. The summed E-state index contributed by atoms with van der Waals surface area (Å²) >= 11 is 1.77. The Bertz CT molecular complexity index is 262. The average Bonchev–Trinajstić information content (AvgIpc) is 2.39. The van der Waals surface area contributed by atoms with Crippen LogP contribution in [0.1, 0.15) is 39.0 Å². The fourth-order valence-corrected chi connectivity index (χ4v) is 3.50. The average molecular weight is 290 g/mol. The van der Waals surface area contributed by atoms with E-state index < -0.39 is 5.60 Å². The smallest absolute Gasteiger partial charge is 0.308 e. The van der Waals surface area contributed by atoms with Crippen molar-refractivity contribution in [2.24, 2.45) is 5.92 Å². The fourth-order valence-electron chi connectivity index (χ4n) is 2.36. The zero-order valence-corrected chi connectivity index (χ0v) is 12.8. The van der Waals surface area contributed by atoms with Crippen LogP contribution in [0.15, 0.2) is 0 Å². The minimum atomic E-state index is -0.596. The molecule has 0 atom stereocenters. The summed E-state index contributed by atoms with van der Waals surface area (Å²) in [4.78, 5) is 11.6. The Balaban J connectivity index is 2.21. The van der Waals surface area contributed by atoms with Gasteiger partial charge in [0.25, 0.3) is 0 Å². The molecule has 0 aromatic heterocycles. The zero-order chi connectivity index (χ0) is 14.1. The van der Waals surface area contributed by atoms with Crippen molar-refractivity contribution in [1.29, 1.82) is 0 Å². The highest BCUT2D eigenvalue weighted by atomic mass is 32.2. The number of ether oxygens (including phenoxy) is 2. The molecule has 0 bridgehead atoms. The van der Waals surface area contributed by atoms with Gasteiger partial charge in [-0.05, 0) is 44.8 Å². The molecule has 0 amide bonds. The second kappa shape index (κ2) is 8.82. The summed E-state index contributed by atoms with van der Waals surface area (Å²) in [6.45, 7) is 3.04. The standard InChI is InChI=1S/C14H26O4S/c1-3-18-13(15)12-5-7-14(16,8-6-12)11-19-10-4-9-17-2/h12,16H,3-11H2,1-2H3. The number of methoxy groups -OCH3 is 1. The van der Waals surface area contributed by atoms with E-state index >= 15 is 0 Å². The van der Waals surface area contributed by atoms with Crippen LogP contribution in [0.2, 0.25) is 0 Å². The van der Waals surface area contributed by atoms with Gasteiger partial charge in [0.05, 0.1) is 18.1 Å². The van der Waals surface area contributed by atoms with Gasteiger partial charge in [0.2, 0.25) is 0 Å². The molecule has 1 aliphatic rings. The molecule has 0 heterocycles. The van der Waals surface area contributed by atoms with Crippen LogP contribution in [0, 0.1) is 5.92 Å². The van der Waals surface area contributed by atoms with E-state index in [1.807, 2.05) is 6.92 Å². The zero-order valence-electron chi connectivity index (χ0n) is 12.0. The predicted octanol–water partition coefficient (Wildman–Crippen LogP) is 2.24. The van der Waals surface area contributed by atoms with E-state index in [2.05, 4.69) is 0 Å². The third-order valence-corrected chi connectivity index (χ3v) is 4.86. The maximum atomic E-state index is 11.6. The van der Waals surface area contributed by atoms with Crippen LogP contribution in [-0.4, -0.2) is 48.5 Å². The van der Waals surface area contributed by atoms with Gasteiger partial charge in [-0.15, -0.1) is 0 Å². The summed E-state index contributed by atoms with van der Waals surface area (Å²) in [5.74, 6) is 1.65. The van der Waals surface area contributed by atoms with E-state index in [1.54, 1.807) is 18.9 Å². The molecule has 0 aromatic rings. The largest absolute Gasteiger partial charge is 0.466 e. The third kappa shape index (κ3) is 6.15. The predicted molar refractivity (Wildman–Crippen MR) is 77.4 cm³/mol. The van der Waals surface area contributed by atoms with Crippen molar-refractivity contribution in [2.45, 2.75) is 44.6 Å². The lowest BCUT2D eigenvalue weighted by Crippen LogP contribution is -2.38. The molecule has 112 valence electrons. The van der Waals surface area contributed by atoms with Crippen LogP contribution in [0.5, 0.6) is 0 Å². The Morgan fingerprint density at radius 2 is 2.11 bits per heavy atom. The molecule has 1 saturated carbocycles. The summed E-state index contributed by atoms with van der Waals surface area (Å²) < 4.78 is 10.0. The van der Waals surface area contributed by atoms with Crippen molar-refractivity contribution in [2.75, 3.05) is 31.8 Å². The van der Waals surface area contributed by atoms with Gasteiger partial charge in [0, 0.05) is 19.5 Å². The molecule has 19 heavy (non-hydrogen) atoms. The molecule has 0 aliphatic heterocycles.